The summed E-state index contributed by atoms with van der Waals surface area (Å²) in [5.41, 5.74) is 3.46. The molecular weight excluding hydrogens is 228 g/mol. The third-order valence-corrected chi connectivity index (χ3v) is 4.08. The number of anilines is 1. The van der Waals surface area contributed by atoms with Gasteiger partial charge in [-0.05, 0) is 23.6 Å². The van der Waals surface area contributed by atoms with Gasteiger partial charge >= 0.3 is 0 Å². The van der Waals surface area contributed by atoms with Crippen LogP contribution in [0.2, 0.25) is 0 Å². The Morgan fingerprint density at radius 1 is 1.53 bits per heavy atom. The van der Waals surface area contributed by atoms with Crippen molar-refractivity contribution < 1.29 is 0 Å². The minimum Gasteiger partial charge on any atom is -0.330 e. The van der Waals surface area contributed by atoms with Crippen LogP contribution in [0.3, 0.4) is 0 Å². The molecule has 0 unspecified atom stereocenters. The number of hydrogen-bond acceptors (Lipinski definition) is 3. The van der Waals surface area contributed by atoms with E-state index in [1.54, 1.807) is 11.8 Å². The van der Waals surface area contributed by atoms with Crippen LogP contribution in [0, 0.1) is 11.3 Å². The van der Waals surface area contributed by atoms with Gasteiger partial charge in [0.2, 0.25) is 0 Å². The molecule has 0 aromatic heterocycles. The van der Waals surface area contributed by atoms with Gasteiger partial charge in [0.15, 0.2) is 0 Å². The van der Waals surface area contributed by atoms with Crippen LogP contribution >= 0.6 is 11.8 Å². The molecular formula is C14H16N2S. The summed E-state index contributed by atoms with van der Waals surface area (Å²) in [6.45, 7) is 8.79. The zero-order valence-electron chi connectivity index (χ0n) is 10.2. The molecule has 2 nitrogen and oxygen atoms in total. The van der Waals surface area contributed by atoms with Gasteiger partial charge in [0, 0.05) is 16.3 Å². The third kappa shape index (κ3) is 2.32. The summed E-state index contributed by atoms with van der Waals surface area (Å²) in [6.07, 6.45) is 0. The van der Waals surface area contributed by atoms with E-state index in [9.17, 15) is 0 Å². The Labute approximate surface area is 107 Å². The topological polar surface area (TPSA) is 27.0 Å². The Morgan fingerprint density at radius 3 is 2.94 bits per heavy atom. The van der Waals surface area contributed by atoms with Gasteiger partial charge in [-0.3, -0.25) is 0 Å². The monoisotopic (exact) mass is 244 g/mol. The van der Waals surface area contributed by atoms with Crippen LogP contribution in [-0.2, 0) is 0 Å². The summed E-state index contributed by atoms with van der Waals surface area (Å²) < 4.78 is 0. The van der Waals surface area contributed by atoms with Crippen molar-refractivity contribution in [2.45, 2.75) is 24.7 Å². The first-order valence-electron chi connectivity index (χ1n) is 5.72. The molecule has 17 heavy (non-hydrogen) atoms. The first-order valence-corrected chi connectivity index (χ1v) is 6.71. The summed E-state index contributed by atoms with van der Waals surface area (Å²) in [6, 6.07) is 8.74. The van der Waals surface area contributed by atoms with Crippen LogP contribution in [0.4, 0.5) is 5.69 Å². The average Bonchev–Trinajstić information content (AvgIpc) is 2.32. The lowest BCUT2D eigenvalue weighted by Crippen LogP contribution is -2.26. The first kappa shape index (κ1) is 12.1. The van der Waals surface area contributed by atoms with E-state index in [4.69, 9.17) is 5.26 Å². The standard InChI is InChI=1S/C14H16N2S/c1-10(2)12-4-5-14-13(8-12)16(7-6-15)11(3)9-17-14/h4-5,8,10H,3,7,9H2,1-2H3. The second-order valence-electron chi connectivity index (χ2n) is 4.48. The van der Waals surface area contributed by atoms with Crippen LogP contribution in [0.25, 0.3) is 0 Å². The van der Waals surface area contributed by atoms with E-state index in [-0.39, 0.29) is 0 Å². The lowest BCUT2D eigenvalue weighted by atomic mass is 10.0. The van der Waals surface area contributed by atoms with Crippen LogP contribution < -0.4 is 4.90 Å². The number of fused-ring (bicyclic) bond motifs is 1. The van der Waals surface area contributed by atoms with Crippen molar-refractivity contribution in [3.05, 3.63) is 36.0 Å². The largest absolute Gasteiger partial charge is 0.330 e. The number of thioether (sulfide) groups is 1. The Hall–Kier alpha value is -1.40. The van der Waals surface area contributed by atoms with E-state index in [0.717, 1.165) is 17.1 Å². The Balaban J connectivity index is 2.45. The van der Waals surface area contributed by atoms with Crippen molar-refractivity contribution in [2.75, 3.05) is 17.2 Å². The fraction of sp³-hybridized carbons (Fsp3) is 0.357. The predicted molar refractivity (Wildman–Crippen MR) is 73.4 cm³/mol. The number of benzene rings is 1. The van der Waals surface area contributed by atoms with Crippen LogP contribution in [0.15, 0.2) is 35.4 Å². The van der Waals surface area contributed by atoms with Crippen molar-refractivity contribution in [3.63, 3.8) is 0 Å². The van der Waals surface area contributed by atoms with Gasteiger partial charge in [0.25, 0.3) is 0 Å². The molecule has 1 heterocycles. The number of nitriles is 1. The molecule has 0 spiro atoms. The predicted octanol–water partition coefficient (Wildman–Crippen LogP) is 3.76. The molecule has 0 N–H and O–H groups in total. The van der Waals surface area contributed by atoms with Gasteiger partial charge in [-0.2, -0.15) is 5.26 Å². The van der Waals surface area contributed by atoms with Crippen LogP contribution in [-0.4, -0.2) is 12.3 Å². The molecule has 3 heteroatoms. The molecule has 0 aliphatic carbocycles. The molecule has 0 amide bonds. The van der Waals surface area contributed by atoms with Crippen LogP contribution in [0.5, 0.6) is 0 Å². The summed E-state index contributed by atoms with van der Waals surface area (Å²) >= 11 is 1.80. The van der Waals surface area contributed by atoms with E-state index in [1.807, 2.05) is 4.90 Å². The molecule has 1 aliphatic rings. The minimum absolute atomic E-state index is 0.383. The van der Waals surface area contributed by atoms with Crippen molar-refractivity contribution in [3.8, 4) is 6.07 Å². The lowest BCUT2D eigenvalue weighted by Gasteiger charge is -2.31. The summed E-state index contributed by atoms with van der Waals surface area (Å²) in [5, 5.41) is 8.90. The number of hydrogen-bond donors (Lipinski definition) is 0. The molecule has 88 valence electrons. The molecule has 0 saturated carbocycles. The van der Waals surface area contributed by atoms with E-state index in [0.29, 0.717) is 12.5 Å². The molecule has 1 aromatic carbocycles. The Bertz CT molecular complexity index is 485. The highest BCUT2D eigenvalue weighted by molar-refractivity contribution is 7.99. The van der Waals surface area contributed by atoms with Gasteiger partial charge in [-0.1, -0.05) is 26.5 Å². The van der Waals surface area contributed by atoms with Gasteiger partial charge in [-0.15, -0.1) is 11.8 Å². The molecule has 0 radical (unpaired) electrons. The van der Waals surface area contributed by atoms with Gasteiger partial charge in [-0.25, -0.2) is 0 Å². The molecule has 0 atom stereocenters. The lowest BCUT2D eigenvalue weighted by molar-refractivity contribution is 0.860. The summed E-state index contributed by atoms with van der Waals surface area (Å²) in [7, 11) is 0. The maximum Gasteiger partial charge on any atom is 0.110 e. The Morgan fingerprint density at radius 2 is 2.29 bits per heavy atom. The zero-order chi connectivity index (χ0) is 12.4. The minimum atomic E-state index is 0.383. The smallest absolute Gasteiger partial charge is 0.110 e. The highest BCUT2D eigenvalue weighted by atomic mass is 32.2. The zero-order valence-corrected chi connectivity index (χ0v) is 11.0. The summed E-state index contributed by atoms with van der Waals surface area (Å²) in [4.78, 5) is 3.27. The number of nitrogens with zero attached hydrogens (tertiary/aromatic N) is 2. The molecule has 0 fully saturated rings. The second-order valence-corrected chi connectivity index (χ2v) is 5.50. The van der Waals surface area contributed by atoms with Crippen molar-refractivity contribution in [1.29, 1.82) is 5.26 Å². The maximum absolute atomic E-state index is 8.90. The van der Waals surface area contributed by atoms with Crippen molar-refractivity contribution in [2.24, 2.45) is 0 Å². The number of rotatable bonds is 2. The van der Waals surface area contributed by atoms with E-state index in [1.165, 1.54) is 10.5 Å². The quantitative estimate of drug-likeness (QED) is 0.741. The van der Waals surface area contributed by atoms with Gasteiger partial charge < -0.3 is 4.90 Å². The van der Waals surface area contributed by atoms with E-state index < -0.39 is 0 Å². The fourth-order valence-electron chi connectivity index (χ4n) is 1.90. The SMILES string of the molecule is C=C1CSc2ccc(C(C)C)cc2N1CC#N. The van der Waals surface area contributed by atoms with Crippen molar-refractivity contribution in [1.82, 2.24) is 0 Å². The highest BCUT2D eigenvalue weighted by Gasteiger charge is 2.20. The van der Waals surface area contributed by atoms with Crippen LogP contribution in [0.1, 0.15) is 25.3 Å². The normalized spacial score (nSPS) is 14.7. The third-order valence-electron chi connectivity index (χ3n) is 2.95. The first-order chi connectivity index (χ1) is 8.13. The molecule has 2 rings (SSSR count). The van der Waals surface area contributed by atoms with E-state index in [2.05, 4.69) is 44.7 Å². The highest BCUT2D eigenvalue weighted by Crippen LogP contribution is 2.39. The molecule has 1 aliphatic heterocycles. The van der Waals surface area contributed by atoms with Gasteiger partial charge in [0.1, 0.15) is 6.54 Å². The second kappa shape index (κ2) is 4.85. The Kier molecular flexibility index (Phi) is 3.44. The molecule has 1 aromatic rings. The average molecular weight is 244 g/mol. The van der Waals surface area contributed by atoms with Crippen molar-refractivity contribution >= 4 is 17.4 Å². The van der Waals surface area contributed by atoms with Gasteiger partial charge in [0.05, 0.1) is 11.8 Å². The molecule has 0 saturated heterocycles. The molecule has 0 bridgehead atoms. The maximum atomic E-state index is 8.90. The fourth-order valence-corrected chi connectivity index (χ4v) is 2.86. The van der Waals surface area contributed by atoms with E-state index >= 15 is 0 Å². The summed E-state index contributed by atoms with van der Waals surface area (Å²) in [5.74, 6) is 1.37.